The van der Waals surface area contributed by atoms with Gasteiger partial charge in [0.2, 0.25) is 5.91 Å². The molecule has 0 aliphatic carbocycles. The van der Waals surface area contributed by atoms with E-state index < -0.39 is 0 Å². The fraction of sp³-hybridized carbons (Fsp3) is 0.333. The van der Waals surface area contributed by atoms with Crippen molar-refractivity contribution in [2.45, 2.75) is 52.7 Å². The van der Waals surface area contributed by atoms with Crippen LogP contribution in [0.5, 0.6) is 0 Å². The molecular weight excluding hydrogens is 449 g/mol. The first-order valence-electron chi connectivity index (χ1n) is 11.6. The molecular formula is C27H32FN3O2S. The van der Waals surface area contributed by atoms with Crippen LogP contribution in [-0.2, 0) is 24.3 Å². The Morgan fingerprint density at radius 3 is 2.41 bits per heavy atom. The number of halogens is 1. The average Bonchev–Trinajstić information content (AvgIpc) is 3.36. The summed E-state index contributed by atoms with van der Waals surface area (Å²) in [6.07, 6.45) is 1.59. The van der Waals surface area contributed by atoms with Crippen LogP contribution in [0.15, 0.2) is 66.0 Å². The number of benzene rings is 2. The third kappa shape index (κ3) is 7.15. The van der Waals surface area contributed by atoms with Crippen molar-refractivity contribution < 1.29 is 14.0 Å². The molecule has 1 aromatic heterocycles. The summed E-state index contributed by atoms with van der Waals surface area (Å²) in [6, 6.07) is 17.4. The van der Waals surface area contributed by atoms with Crippen LogP contribution in [-0.4, -0.2) is 34.3 Å². The van der Waals surface area contributed by atoms with E-state index in [4.69, 9.17) is 0 Å². The topological polar surface area (TPSA) is 52.7 Å². The summed E-state index contributed by atoms with van der Waals surface area (Å²) in [7, 11) is 0. The molecule has 3 aromatic rings. The Balaban J connectivity index is 1.77. The average molecular weight is 482 g/mol. The third-order valence-corrected chi connectivity index (χ3v) is 6.70. The first-order chi connectivity index (χ1) is 16.4. The standard InChI is InChI=1S/C27H32FN3O2S/c1-4-20(3)31(27(33)29-24-9-6-8-21(5-2)16-24)19-26(32)30(18-25-10-7-15-34-25)17-22-11-13-23(28)14-12-22/h6-16,20H,4-5,17-19H2,1-3H3,(H,29,33). The van der Waals surface area contributed by atoms with Crippen LogP contribution in [0.3, 0.4) is 0 Å². The van der Waals surface area contributed by atoms with Crippen LogP contribution in [0, 0.1) is 5.82 Å². The molecule has 2 aromatic carbocycles. The van der Waals surface area contributed by atoms with E-state index in [1.807, 2.05) is 55.6 Å². The van der Waals surface area contributed by atoms with E-state index in [0.717, 1.165) is 28.8 Å². The van der Waals surface area contributed by atoms with Gasteiger partial charge in [-0.3, -0.25) is 4.79 Å². The van der Waals surface area contributed by atoms with Crippen molar-refractivity contribution in [3.63, 3.8) is 0 Å². The van der Waals surface area contributed by atoms with Crippen molar-refractivity contribution in [2.75, 3.05) is 11.9 Å². The molecule has 1 heterocycles. The van der Waals surface area contributed by atoms with Crippen LogP contribution >= 0.6 is 11.3 Å². The Morgan fingerprint density at radius 1 is 1.00 bits per heavy atom. The van der Waals surface area contributed by atoms with Gasteiger partial charge in [0.1, 0.15) is 12.4 Å². The lowest BCUT2D eigenvalue weighted by atomic mass is 10.1. The highest BCUT2D eigenvalue weighted by Gasteiger charge is 2.25. The summed E-state index contributed by atoms with van der Waals surface area (Å²) < 4.78 is 13.4. The number of amides is 3. The molecule has 1 N–H and O–H groups in total. The normalized spacial score (nSPS) is 11.6. The lowest BCUT2D eigenvalue weighted by Gasteiger charge is -2.31. The molecule has 0 radical (unpaired) electrons. The first kappa shape index (κ1) is 25.4. The molecule has 3 amide bonds. The maximum atomic E-state index is 13.5. The Labute approximate surface area is 205 Å². The number of nitrogens with one attached hydrogen (secondary N) is 1. The van der Waals surface area contributed by atoms with Crippen LogP contribution in [0.4, 0.5) is 14.9 Å². The number of nitrogens with zero attached hydrogens (tertiary/aromatic N) is 2. The van der Waals surface area contributed by atoms with E-state index >= 15 is 0 Å². The lowest BCUT2D eigenvalue weighted by Crippen LogP contribution is -2.47. The van der Waals surface area contributed by atoms with Gasteiger partial charge >= 0.3 is 6.03 Å². The number of hydrogen-bond donors (Lipinski definition) is 1. The van der Waals surface area contributed by atoms with Gasteiger partial charge in [0.25, 0.3) is 0 Å². The maximum Gasteiger partial charge on any atom is 0.322 e. The number of anilines is 1. The predicted molar refractivity (Wildman–Crippen MR) is 136 cm³/mol. The van der Waals surface area contributed by atoms with Crippen LogP contribution in [0.1, 0.15) is 43.2 Å². The number of carbonyl (C=O) groups excluding carboxylic acids is 2. The molecule has 180 valence electrons. The highest BCUT2D eigenvalue weighted by molar-refractivity contribution is 7.09. The van der Waals surface area contributed by atoms with Crippen molar-refractivity contribution in [1.82, 2.24) is 9.80 Å². The van der Waals surface area contributed by atoms with Gasteiger partial charge in [-0.15, -0.1) is 11.3 Å². The van der Waals surface area contributed by atoms with Gasteiger partial charge in [-0.2, -0.15) is 0 Å². The Hall–Kier alpha value is -3.19. The monoisotopic (exact) mass is 481 g/mol. The molecule has 0 aliphatic heterocycles. The van der Waals surface area contributed by atoms with Crippen LogP contribution in [0.25, 0.3) is 0 Å². The van der Waals surface area contributed by atoms with Gasteiger partial charge in [0, 0.05) is 23.2 Å². The summed E-state index contributed by atoms with van der Waals surface area (Å²) in [5, 5.41) is 4.93. The molecule has 1 atom stereocenters. The Morgan fingerprint density at radius 2 is 1.76 bits per heavy atom. The molecule has 7 heteroatoms. The summed E-state index contributed by atoms with van der Waals surface area (Å²) in [6.45, 7) is 6.73. The molecule has 5 nitrogen and oxygen atoms in total. The van der Waals surface area contributed by atoms with E-state index in [2.05, 4.69) is 12.2 Å². The van der Waals surface area contributed by atoms with Gasteiger partial charge in [-0.05, 0) is 66.6 Å². The second-order valence-corrected chi connectivity index (χ2v) is 9.36. The molecule has 3 rings (SSSR count). The molecule has 1 unspecified atom stereocenters. The molecule has 0 spiro atoms. The van der Waals surface area contributed by atoms with E-state index in [9.17, 15) is 14.0 Å². The minimum absolute atomic E-state index is 0.0408. The summed E-state index contributed by atoms with van der Waals surface area (Å²) in [5.74, 6) is -0.470. The van der Waals surface area contributed by atoms with Crippen molar-refractivity contribution in [2.24, 2.45) is 0 Å². The summed E-state index contributed by atoms with van der Waals surface area (Å²) in [4.78, 5) is 31.0. The number of carbonyl (C=O) groups is 2. The smallest absolute Gasteiger partial charge is 0.322 e. The van der Waals surface area contributed by atoms with Gasteiger partial charge in [0.15, 0.2) is 0 Å². The van der Waals surface area contributed by atoms with Gasteiger partial charge in [-0.25, -0.2) is 9.18 Å². The number of aryl methyl sites for hydroxylation is 1. The Kier molecular flexibility index (Phi) is 9.22. The lowest BCUT2D eigenvalue weighted by molar-refractivity contribution is -0.133. The quantitative estimate of drug-likeness (QED) is 0.369. The number of thiophene rings is 1. The molecule has 0 aliphatic rings. The highest BCUT2D eigenvalue weighted by atomic mass is 32.1. The van der Waals surface area contributed by atoms with Crippen molar-refractivity contribution in [3.8, 4) is 0 Å². The van der Waals surface area contributed by atoms with Crippen LogP contribution in [0.2, 0.25) is 0 Å². The second kappa shape index (κ2) is 12.3. The maximum absolute atomic E-state index is 13.5. The molecule has 0 fully saturated rings. The van der Waals surface area contributed by atoms with Gasteiger partial charge < -0.3 is 15.1 Å². The minimum atomic E-state index is -0.313. The zero-order valence-corrected chi connectivity index (χ0v) is 20.8. The first-order valence-corrected chi connectivity index (χ1v) is 12.5. The van der Waals surface area contributed by atoms with Gasteiger partial charge in [-0.1, -0.05) is 44.2 Å². The van der Waals surface area contributed by atoms with Gasteiger partial charge in [0.05, 0.1) is 6.54 Å². The summed E-state index contributed by atoms with van der Waals surface area (Å²) in [5.41, 5.74) is 2.68. The molecule has 0 saturated carbocycles. The van der Waals surface area contributed by atoms with E-state index in [1.165, 1.54) is 12.1 Å². The van der Waals surface area contributed by atoms with Crippen molar-refractivity contribution >= 4 is 29.0 Å². The number of hydrogen-bond acceptors (Lipinski definition) is 3. The van der Waals surface area contributed by atoms with E-state index in [0.29, 0.717) is 18.8 Å². The molecule has 0 bridgehead atoms. The zero-order chi connectivity index (χ0) is 24.5. The van der Waals surface area contributed by atoms with Crippen molar-refractivity contribution in [3.05, 3.63) is 87.9 Å². The molecule has 34 heavy (non-hydrogen) atoms. The zero-order valence-electron chi connectivity index (χ0n) is 20.0. The second-order valence-electron chi connectivity index (χ2n) is 8.32. The highest BCUT2D eigenvalue weighted by Crippen LogP contribution is 2.18. The number of rotatable bonds is 10. The SMILES string of the molecule is CCc1cccc(NC(=O)N(CC(=O)N(Cc2ccc(F)cc2)Cc2cccs2)C(C)CC)c1. The van der Waals surface area contributed by atoms with E-state index in [1.54, 1.807) is 33.3 Å². The largest absolute Gasteiger partial charge is 0.332 e. The summed E-state index contributed by atoms with van der Waals surface area (Å²) >= 11 is 1.58. The van der Waals surface area contributed by atoms with Crippen molar-refractivity contribution in [1.29, 1.82) is 0 Å². The third-order valence-electron chi connectivity index (χ3n) is 5.84. The number of urea groups is 1. The molecule has 0 saturated heterocycles. The predicted octanol–water partition coefficient (Wildman–Crippen LogP) is 6.31. The fourth-order valence-corrected chi connectivity index (χ4v) is 4.31. The van der Waals surface area contributed by atoms with E-state index in [-0.39, 0.29) is 30.3 Å². The minimum Gasteiger partial charge on any atom is -0.332 e. The van der Waals surface area contributed by atoms with Crippen LogP contribution < -0.4 is 5.32 Å². The fourth-order valence-electron chi connectivity index (χ4n) is 3.59. The Bertz CT molecular complexity index is 1070.